The molecule has 180 valence electrons. The van der Waals surface area contributed by atoms with E-state index in [0.717, 1.165) is 10.5 Å². The highest BCUT2D eigenvalue weighted by Crippen LogP contribution is 2.19. The van der Waals surface area contributed by atoms with Crippen molar-refractivity contribution >= 4 is 33.4 Å². The Morgan fingerprint density at radius 2 is 1.91 bits per heavy atom. The normalized spacial score (nSPS) is 11.9. The second-order valence-corrected chi connectivity index (χ2v) is 10.2. The number of hydrogen-bond acceptors (Lipinski definition) is 9. The second kappa shape index (κ2) is 9.65. The number of nitrogens with two attached hydrogens (primary N) is 1. The molecule has 0 saturated carbocycles. The quantitative estimate of drug-likeness (QED) is 0.280. The van der Waals surface area contributed by atoms with Gasteiger partial charge in [0, 0.05) is 13.6 Å². The van der Waals surface area contributed by atoms with Crippen molar-refractivity contribution in [2.75, 3.05) is 55.3 Å². The highest BCUT2D eigenvalue weighted by Gasteiger charge is 2.19. The lowest BCUT2D eigenvalue weighted by molar-refractivity contribution is -0.855. The van der Waals surface area contributed by atoms with Crippen LogP contribution in [0.4, 0.5) is 17.6 Å². The largest absolute Gasteiger partial charge is 0.461 e. The van der Waals surface area contributed by atoms with Crippen LogP contribution < -0.4 is 20.3 Å². The number of anilines is 3. The number of nitrogens with zero attached hydrogens (tertiary/aromatic N) is 6. The second-order valence-electron chi connectivity index (χ2n) is 8.11. The Balaban J connectivity index is 1.37. The van der Waals surface area contributed by atoms with Gasteiger partial charge in [0.15, 0.2) is 5.76 Å². The van der Waals surface area contributed by atoms with Crippen molar-refractivity contribution in [2.24, 2.45) is 0 Å². The van der Waals surface area contributed by atoms with Crippen molar-refractivity contribution in [3.63, 3.8) is 0 Å². The van der Waals surface area contributed by atoms with E-state index in [0.29, 0.717) is 48.5 Å². The fourth-order valence-corrected chi connectivity index (χ4v) is 4.60. The first kappa shape index (κ1) is 23.4. The molecule has 3 aromatic heterocycles. The number of sulfonamides is 1. The van der Waals surface area contributed by atoms with Crippen molar-refractivity contribution in [1.82, 2.24) is 24.6 Å². The molecule has 0 aliphatic carbocycles. The Bertz CT molecular complexity index is 1350. The maximum absolute atomic E-state index is 12.5. The van der Waals surface area contributed by atoms with Crippen LogP contribution in [0.2, 0.25) is 0 Å². The summed E-state index contributed by atoms with van der Waals surface area (Å²) in [6, 6.07) is 10.9. The van der Waals surface area contributed by atoms with Gasteiger partial charge in [-0.15, -0.1) is 5.10 Å². The molecule has 0 saturated heterocycles. The summed E-state index contributed by atoms with van der Waals surface area (Å²) < 4.78 is 33.0. The highest BCUT2D eigenvalue weighted by atomic mass is 32.2. The van der Waals surface area contributed by atoms with Crippen LogP contribution in [0.5, 0.6) is 0 Å². The third-order valence-corrected chi connectivity index (χ3v) is 7.01. The number of hydrogen-bond donors (Lipinski definition) is 3. The third kappa shape index (κ3) is 5.26. The predicted molar refractivity (Wildman–Crippen MR) is 129 cm³/mol. The van der Waals surface area contributed by atoms with Crippen molar-refractivity contribution in [2.45, 2.75) is 6.42 Å². The molecule has 0 fully saturated rings. The average molecular weight is 487 g/mol. The van der Waals surface area contributed by atoms with Crippen molar-refractivity contribution in [3.8, 4) is 11.6 Å². The van der Waals surface area contributed by atoms with Crippen LogP contribution in [0.3, 0.4) is 0 Å². The molecule has 0 bridgehead atoms. The van der Waals surface area contributed by atoms with Crippen molar-refractivity contribution < 1.29 is 17.7 Å². The Labute approximate surface area is 197 Å². The number of nitrogen functional groups attached to an aromatic ring is 1. The highest BCUT2D eigenvalue weighted by molar-refractivity contribution is 7.92. The van der Waals surface area contributed by atoms with Crippen LogP contribution in [0, 0.1) is 0 Å². The van der Waals surface area contributed by atoms with Gasteiger partial charge in [-0.05, 0) is 36.2 Å². The molecule has 0 spiro atoms. The van der Waals surface area contributed by atoms with Crippen LogP contribution in [0.1, 0.15) is 5.56 Å². The fourth-order valence-electron chi connectivity index (χ4n) is 3.22. The molecule has 0 atom stereocenters. The van der Waals surface area contributed by atoms with Gasteiger partial charge in [-0.1, -0.05) is 12.1 Å². The molecular formula is C21H28N9O3S+. The summed E-state index contributed by atoms with van der Waals surface area (Å²) in [5, 5.41) is 7.41. The van der Waals surface area contributed by atoms with E-state index in [1.165, 1.54) is 8.82 Å². The van der Waals surface area contributed by atoms with E-state index in [-0.39, 0.29) is 11.7 Å². The van der Waals surface area contributed by atoms with E-state index >= 15 is 0 Å². The molecule has 0 unspecified atom stereocenters. The van der Waals surface area contributed by atoms with E-state index in [4.69, 9.17) is 10.2 Å². The van der Waals surface area contributed by atoms with E-state index < -0.39 is 10.0 Å². The summed E-state index contributed by atoms with van der Waals surface area (Å²) in [4.78, 5) is 14.0. The maximum Gasteiger partial charge on any atom is 0.259 e. The number of quaternary nitrogens is 1. The van der Waals surface area contributed by atoms with Gasteiger partial charge in [0.2, 0.25) is 27.7 Å². The van der Waals surface area contributed by atoms with Gasteiger partial charge in [-0.3, -0.25) is 4.31 Å². The Morgan fingerprint density at radius 1 is 1.15 bits per heavy atom. The zero-order chi connectivity index (χ0) is 24.3. The van der Waals surface area contributed by atoms with E-state index in [1.54, 1.807) is 25.4 Å². The SMILES string of the molecule is CN(c1ccc(CCNc2nc(N)n3nc(-c4ccco4)nc3n2)cc1)S(=O)(=O)CC[NH+](C)C. The summed E-state index contributed by atoms with van der Waals surface area (Å²) in [5.74, 6) is 1.79. The first-order valence-corrected chi connectivity index (χ1v) is 12.4. The lowest BCUT2D eigenvalue weighted by Crippen LogP contribution is -3.06. The summed E-state index contributed by atoms with van der Waals surface area (Å²) in [6.45, 7) is 1.10. The molecule has 1 aromatic carbocycles. The summed E-state index contributed by atoms with van der Waals surface area (Å²) in [6.07, 6.45) is 2.22. The van der Waals surface area contributed by atoms with Gasteiger partial charge in [0.05, 0.1) is 32.6 Å². The van der Waals surface area contributed by atoms with Gasteiger partial charge in [-0.2, -0.15) is 19.5 Å². The fraction of sp³-hybridized carbons (Fsp3) is 0.333. The monoisotopic (exact) mass is 486 g/mol. The molecule has 4 rings (SSSR count). The number of aromatic nitrogens is 5. The van der Waals surface area contributed by atoms with Crippen LogP contribution in [0.25, 0.3) is 17.4 Å². The van der Waals surface area contributed by atoms with Gasteiger partial charge in [0.1, 0.15) is 5.75 Å². The lowest BCUT2D eigenvalue weighted by Gasteiger charge is -2.20. The molecule has 3 heterocycles. The molecule has 12 nitrogen and oxygen atoms in total. The van der Waals surface area contributed by atoms with E-state index in [2.05, 4.69) is 25.4 Å². The molecule has 4 aromatic rings. The third-order valence-electron chi connectivity index (χ3n) is 5.25. The molecule has 0 radical (unpaired) electrons. The topological polar surface area (TPSA) is 149 Å². The molecule has 0 aliphatic rings. The van der Waals surface area contributed by atoms with Crippen LogP contribution in [-0.2, 0) is 16.4 Å². The summed E-state index contributed by atoms with van der Waals surface area (Å²) in [7, 11) is 2.09. The first-order chi connectivity index (χ1) is 16.2. The standard InChI is InChI=1S/C21H27N9O3S/c1-28(2)12-14-34(31,32)29(3)16-8-6-15(7-9-16)10-11-23-20-25-19(22)30-21(26-20)24-18(27-30)17-5-4-13-33-17/h4-9,13H,10-12,14H2,1-3H3,(H3,22,23,24,25,26,27)/p+1. The summed E-state index contributed by atoms with van der Waals surface area (Å²) in [5.41, 5.74) is 7.68. The zero-order valence-electron chi connectivity index (χ0n) is 19.3. The first-order valence-electron chi connectivity index (χ1n) is 10.8. The number of furan rings is 1. The maximum atomic E-state index is 12.5. The molecule has 4 N–H and O–H groups in total. The molecule has 34 heavy (non-hydrogen) atoms. The number of benzene rings is 1. The summed E-state index contributed by atoms with van der Waals surface area (Å²) >= 11 is 0. The zero-order valence-corrected chi connectivity index (χ0v) is 20.1. The smallest absolute Gasteiger partial charge is 0.259 e. The number of rotatable bonds is 10. The minimum absolute atomic E-state index is 0.0973. The minimum atomic E-state index is -3.36. The Kier molecular flexibility index (Phi) is 6.65. The van der Waals surface area contributed by atoms with Crippen LogP contribution in [0.15, 0.2) is 47.1 Å². The van der Waals surface area contributed by atoms with Crippen molar-refractivity contribution in [3.05, 3.63) is 48.2 Å². The van der Waals surface area contributed by atoms with Crippen molar-refractivity contribution in [1.29, 1.82) is 0 Å². The van der Waals surface area contributed by atoms with E-state index in [9.17, 15) is 8.42 Å². The van der Waals surface area contributed by atoms with Gasteiger partial charge < -0.3 is 20.4 Å². The minimum Gasteiger partial charge on any atom is -0.461 e. The lowest BCUT2D eigenvalue weighted by atomic mass is 10.1. The van der Waals surface area contributed by atoms with Gasteiger partial charge >= 0.3 is 0 Å². The number of fused-ring (bicyclic) bond motifs is 1. The van der Waals surface area contributed by atoms with Crippen LogP contribution in [-0.4, -0.2) is 73.0 Å². The van der Waals surface area contributed by atoms with Gasteiger partial charge in [-0.25, -0.2) is 8.42 Å². The van der Waals surface area contributed by atoms with Crippen LogP contribution >= 0.6 is 0 Å². The Hall–Kier alpha value is -3.71. The molecule has 0 aliphatic heterocycles. The molecular weight excluding hydrogens is 458 g/mol. The number of nitrogens with one attached hydrogen (secondary N) is 2. The Morgan fingerprint density at radius 3 is 2.59 bits per heavy atom. The average Bonchev–Trinajstić information content (AvgIpc) is 3.48. The molecule has 13 heteroatoms. The molecule has 0 amide bonds. The van der Waals surface area contributed by atoms with Gasteiger partial charge in [0.25, 0.3) is 5.78 Å². The van der Waals surface area contributed by atoms with E-state index in [1.807, 2.05) is 38.4 Å². The predicted octanol–water partition coefficient (Wildman–Crippen LogP) is -0.0734.